The summed E-state index contributed by atoms with van der Waals surface area (Å²) < 4.78 is 35.4. The van der Waals surface area contributed by atoms with E-state index in [-0.39, 0.29) is 39.6 Å². The largest absolute Gasteiger partial charge is 0.476 e. The van der Waals surface area contributed by atoms with E-state index in [9.17, 15) is 23.2 Å². The molecule has 3 N–H and O–H groups in total. The number of ether oxygens (including phenoxy) is 1. The first kappa shape index (κ1) is 30.7. The maximum Gasteiger partial charge on any atom is 0.317 e. The number of hydrogen-bond donors (Lipinski definition) is 3. The van der Waals surface area contributed by atoms with Gasteiger partial charge in [0.15, 0.2) is 24.0 Å². The summed E-state index contributed by atoms with van der Waals surface area (Å²) in [5.41, 5.74) is 0.518. The molecule has 0 unspecified atom stereocenters. The molecule has 0 saturated carbocycles. The molecule has 2 aromatic carbocycles. The first-order valence-electron chi connectivity index (χ1n) is 13.8. The van der Waals surface area contributed by atoms with E-state index in [4.69, 9.17) is 21.6 Å². The number of benzene rings is 2. The Morgan fingerprint density at radius 3 is 2.50 bits per heavy atom. The Bertz CT molecular complexity index is 1630. The van der Waals surface area contributed by atoms with Crippen molar-refractivity contribution in [1.82, 2.24) is 30.0 Å². The first-order valence-corrected chi connectivity index (χ1v) is 14.2. The number of anilines is 1. The van der Waals surface area contributed by atoms with E-state index in [1.807, 2.05) is 0 Å². The van der Waals surface area contributed by atoms with Crippen LogP contribution in [-0.4, -0.2) is 89.6 Å². The van der Waals surface area contributed by atoms with Crippen molar-refractivity contribution in [1.29, 1.82) is 5.26 Å². The summed E-state index contributed by atoms with van der Waals surface area (Å²) in [5, 5.41) is 17.5. The molecule has 3 heterocycles. The summed E-state index contributed by atoms with van der Waals surface area (Å²) in [6.45, 7) is 3.48. The van der Waals surface area contributed by atoms with Gasteiger partial charge in [0.05, 0.1) is 22.5 Å². The van der Waals surface area contributed by atoms with Gasteiger partial charge in [-0.2, -0.15) is 9.65 Å². The van der Waals surface area contributed by atoms with Crippen molar-refractivity contribution in [2.75, 3.05) is 57.7 Å². The van der Waals surface area contributed by atoms with E-state index in [0.29, 0.717) is 44.3 Å². The van der Waals surface area contributed by atoms with E-state index in [2.05, 4.69) is 20.9 Å². The van der Waals surface area contributed by atoms with Crippen LogP contribution in [0.3, 0.4) is 0 Å². The number of aromatic nitrogens is 2. The number of carbonyl (C=O) groups excluding carboxylic acids is 3. The third kappa shape index (κ3) is 6.43. The lowest BCUT2D eigenvalue weighted by atomic mass is 10.0. The maximum atomic E-state index is 14.8. The normalized spacial score (nSPS) is 14.9. The Balaban J connectivity index is 1.20. The van der Waals surface area contributed by atoms with Gasteiger partial charge in [0.1, 0.15) is 6.07 Å². The number of nitriles is 1. The summed E-state index contributed by atoms with van der Waals surface area (Å²) >= 11 is 6.43. The van der Waals surface area contributed by atoms with Crippen molar-refractivity contribution in [2.24, 2.45) is 13.0 Å². The molecule has 1 aromatic heterocycles. The van der Waals surface area contributed by atoms with Crippen molar-refractivity contribution in [2.45, 2.75) is 0 Å². The summed E-state index contributed by atoms with van der Waals surface area (Å²) in [4.78, 5) is 46.0. The van der Waals surface area contributed by atoms with Crippen molar-refractivity contribution in [3.05, 3.63) is 64.6 Å². The molecule has 2 aliphatic heterocycles. The molecule has 0 aliphatic carbocycles. The summed E-state index contributed by atoms with van der Waals surface area (Å²) in [5.74, 6) is -3.46. The number of piperazine rings is 1. The van der Waals surface area contributed by atoms with Crippen LogP contribution in [0.5, 0.6) is 5.75 Å². The van der Waals surface area contributed by atoms with Gasteiger partial charge in [-0.3, -0.25) is 9.59 Å². The standard InChI is InChI=1S/C29H29ClF2N8O4/c1-38-22(20-4-5-23(44-11-6-33)25(32)24(20)31)16-35-26(38)27(41)37-18-2-3-19(21(30)12-18)28(42)39-7-9-40(10-8-39)29(43)36-15-17-13-34-14-17/h2-5,12,16-17,34H,7-11,13-15H2,1H3,(H,36,43)(H,37,41). The predicted molar refractivity (Wildman–Crippen MR) is 156 cm³/mol. The number of hydrogen-bond acceptors (Lipinski definition) is 7. The quantitative estimate of drug-likeness (QED) is 0.349. The van der Waals surface area contributed by atoms with Crippen LogP contribution >= 0.6 is 11.6 Å². The molecule has 4 amide bonds. The van der Waals surface area contributed by atoms with E-state index < -0.39 is 29.9 Å². The third-order valence-corrected chi connectivity index (χ3v) is 7.84. The van der Waals surface area contributed by atoms with Crippen LogP contribution in [0.2, 0.25) is 5.02 Å². The van der Waals surface area contributed by atoms with Gasteiger partial charge in [-0.1, -0.05) is 11.6 Å². The van der Waals surface area contributed by atoms with Crippen molar-refractivity contribution in [3.8, 4) is 23.1 Å². The second-order valence-corrected chi connectivity index (χ2v) is 10.8. The number of carbonyl (C=O) groups is 3. The average Bonchev–Trinajstić information content (AvgIpc) is 3.37. The molecular formula is C29H29ClF2N8O4. The molecular weight excluding hydrogens is 598 g/mol. The predicted octanol–water partition coefficient (Wildman–Crippen LogP) is 2.86. The first-order chi connectivity index (χ1) is 21.2. The Labute approximate surface area is 256 Å². The maximum absolute atomic E-state index is 14.8. The number of urea groups is 1. The highest BCUT2D eigenvalue weighted by atomic mass is 35.5. The second kappa shape index (κ2) is 13.3. The van der Waals surface area contributed by atoms with Crippen molar-refractivity contribution in [3.63, 3.8) is 0 Å². The van der Waals surface area contributed by atoms with E-state index >= 15 is 0 Å². The van der Waals surface area contributed by atoms with Crippen LogP contribution in [0.25, 0.3) is 11.3 Å². The molecule has 3 aromatic rings. The van der Waals surface area contributed by atoms with Gasteiger partial charge in [0.25, 0.3) is 11.8 Å². The minimum Gasteiger partial charge on any atom is -0.476 e. The fourth-order valence-electron chi connectivity index (χ4n) is 4.89. The van der Waals surface area contributed by atoms with Crippen molar-refractivity contribution >= 4 is 35.1 Å². The summed E-state index contributed by atoms with van der Waals surface area (Å²) in [6, 6.07) is 8.46. The third-order valence-electron chi connectivity index (χ3n) is 7.53. The molecule has 2 aliphatic rings. The average molecular weight is 627 g/mol. The topological polar surface area (TPSA) is 145 Å². The van der Waals surface area contributed by atoms with Crippen LogP contribution in [0, 0.1) is 28.9 Å². The monoisotopic (exact) mass is 626 g/mol. The SMILES string of the molecule is Cn1c(-c2ccc(OCC#N)c(F)c2F)cnc1C(=O)Nc1ccc(C(=O)N2CCN(C(=O)NCC3CNC3)CC2)c(Cl)c1. The van der Waals surface area contributed by atoms with Crippen LogP contribution < -0.4 is 20.7 Å². The number of halogens is 3. The molecule has 0 spiro atoms. The van der Waals surface area contributed by atoms with Crippen LogP contribution in [0.4, 0.5) is 19.3 Å². The molecule has 230 valence electrons. The van der Waals surface area contributed by atoms with Gasteiger partial charge < -0.3 is 35.1 Å². The van der Waals surface area contributed by atoms with Crippen molar-refractivity contribution < 1.29 is 27.9 Å². The molecule has 0 radical (unpaired) electrons. The number of rotatable bonds is 8. The Hall–Kier alpha value is -4.74. The molecule has 0 atom stereocenters. The van der Waals surface area contributed by atoms with E-state index in [1.165, 1.54) is 48.1 Å². The zero-order valence-electron chi connectivity index (χ0n) is 23.7. The molecule has 5 rings (SSSR count). The molecule has 15 heteroatoms. The highest BCUT2D eigenvalue weighted by Gasteiger charge is 2.27. The zero-order chi connectivity index (χ0) is 31.4. The minimum atomic E-state index is -1.27. The highest BCUT2D eigenvalue weighted by Crippen LogP contribution is 2.30. The van der Waals surface area contributed by atoms with E-state index in [1.54, 1.807) is 15.9 Å². The van der Waals surface area contributed by atoms with Crippen LogP contribution in [0.1, 0.15) is 21.0 Å². The smallest absolute Gasteiger partial charge is 0.317 e. The Morgan fingerprint density at radius 1 is 1.11 bits per heavy atom. The molecule has 0 bridgehead atoms. The summed E-state index contributed by atoms with van der Waals surface area (Å²) in [6.07, 6.45) is 1.23. The fourth-order valence-corrected chi connectivity index (χ4v) is 5.16. The van der Waals surface area contributed by atoms with Gasteiger partial charge in [-0.25, -0.2) is 14.2 Å². The Morgan fingerprint density at radius 2 is 1.84 bits per heavy atom. The van der Waals surface area contributed by atoms with Gasteiger partial charge in [-0.15, -0.1) is 0 Å². The van der Waals surface area contributed by atoms with Gasteiger partial charge in [0.2, 0.25) is 5.82 Å². The number of imidazole rings is 1. The van der Waals surface area contributed by atoms with Gasteiger partial charge in [-0.05, 0) is 30.3 Å². The number of nitrogens with one attached hydrogen (secondary N) is 3. The second-order valence-electron chi connectivity index (χ2n) is 10.4. The molecule has 12 nitrogen and oxygen atoms in total. The lowest BCUT2D eigenvalue weighted by Gasteiger charge is -2.35. The number of amides is 4. The number of nitrogens with zero attached hydrogens (tertiary/aromatic N) is 5. The van der Waals surface area contributed by atoms with Crippen LogP contribution in [-0.2, 0) is 7.05 Å². The van der Waals surface area contributed by atoms with E-state index in [0.717, 1.165) is 13.1 Å². The lowest BCUT2D eigenvalue weighted by molar-refractivity contribution is 0.0664. The summed E-state index contributed by atoms with van der Waals surface area (Å²) in [7, 11) is 1.47. The van der Waals surface area contributed by atoms with Crippen LogP contribution in [0.15, 0.2) is 36.5 Å². The lowest BCUT2D eigenvalue weighted by Crippen LogP contribution is -2.55. The van der Waals surface area contributed by atoms with Gasteiger partial charge >= 0.3 is 6.03 Å². The Kier molecular flexibility index (Phi) is 9.26. The van der Waals surface area contributed by atoms with Gasteiger partial charge in [0, 0.05) is 70.0 Å². The molecule has 2 fully saturated rings. The zero-order valence-corrected chi connectivity index (χ0v) is 24.5. The molecule has 44 heavy (non-hydrogen) atoms. The minimum absolute atomic E-state index is 0.0906. The highest BCUT2D eigenvalue weighted by molar-refractivity contribution is 6.34. The molecule has 2 saturated heterocycles. The fraction of sp³-hybridized carbons (Fsp3) is 0.345.